The molecule has 1 N–H and O–H groups in total. The smallest absolute Gasteiger partial charge is 0.0796 e. The minimum atomic E-state index is -1.08. The Balaban J connectivity index is 0.000000423. The molecule has 0 aromatic rings. The molecule has 0 spiro atoms. The van der Waals surface area contributed by atoms with Crippen molar-refractivity contribution in [3.05, 3.63) is 0 Å². The first-order valence-electron chi connectivity index (χ1n) is 6.07. The van der Waals surface area contributed by atoms with E-state index in [1.54, 1.807) is 0 Å². The summed E-state index contributed by atoms with van der Waals surface area (Å²) < 4.78 is 0. The van der Waals surface area contributed by atoms with E-state index in [0.29, 0.717) is 0 Å². The number of hydrogen-bond acceptors (Lipinski definition) is 2. The van der Waals surface area contributed by atoms with Crippen molar-refractivity contribution in [1.82, 2.24) is 0 Å². The van der Waals surface area contributed by atoms with Gasteiger partial charge in [0.2, 0.25) is 0 Å². The third-order valence-electron chi connectivity index (χ3n) is 2.75. The number of rotatable bonds is 3. The minimum absolute atomic E-state index is 0.972. The second kappa shape index (κ2) is 8.72. The third kappa shape index (κ3) is 9.73. The lowest BCUT2D eigenvalue weighted by molar-refractivity contribution is -0.908. The van der Waals surface area contributed by atoms with Crippen LogP contribution in [0.1, 0.15) is 46.5 Å². The summed E-state index contributed by atoms with van der Waals surface area (Å²) in [4.78, 5) is 10.7. The second-order valence-electron chi connectivity index (χ2n) is 4.55. The molecule has 0 saturated carbocycles. The standard InChI is InChI=1S/C10H21N.C2H4O2/c1-3-4-7-11-8-5-6-10(2)9-11;1-2(3)4/h10H,3-9H2,1-2H3;1H3,(H,3,4). The van der Waals surface area contributed by atoms with Crippen LogP contribution in [0.2, 0.25) is 0 Å². The zero-order valence-corrected chi connectivity index (χ0v) is 10.3. The van der Waals surface area contributed by atoms with Gasteiger partial charge in [0, 0.05) is 11.9 Å². The normalized spacial score (nSPS) is 25.3. The number of likely N-dealkylation sites (tertiary alicyclic amines) is 1. The average Bonchev–Trinajstić information content (AvgIpc) is 2.14. The fraction of sp³-hybridized carbons (Fsp3) is 0.917. The van der Waals surface area contributed by atoms with Crippen LogP contribution in [0.5, 0.6) is 0 Å². The summed E-state index contributed by atoms with van der Waals surface area (Å²) in [6.07, 6.45) is 5.70. The fourth-order valence-corrected chi connectivity index (χ4v) is 2.05. The molecule has 1 saturated heterocycles. The first kappa shape index (κ1) is 14.4. The van der Waals surface area contributed by atoms with Gasteiger partial charge in [0.1, 0.15) is 0 Å². The van der Waals surface area contributed by atoms with Crippen molar-refractivity contribution in [2.24, 2.45) is 5.92 Å². The number of hydrogen-bond donors (Lipinski definition) is 1. The van der Waals surface area contributed by atoms with E-state index in [1.807, 2.05) is 4.90 Å². The molecule has 1 aliphatic heterocycles. The van der Waals surface area contributed by atoms with Gasteiger partial charge in [0.05, 0.1) is 19.6 Å². The molecular formula is C12H25NO2. The highest BCUT2D eigenvalue weighted by Gasteiger charge is 2.18. The number of aliphatic carboxylic acids is 1. The first-order chi connectivity index (χ1) is 7.06. The van der Waals surface area contributed by atoms with E-state index in [4.69, 9.17) is 9.90 Å². The van der Waals surface area contributed by atoms with E-state index in [-0.39, 0.29) is 0 Å². The molecule has 1 fully saturated rings. The van der Waals surface area contributed by atoms with Crippen molar-refractivity contribution in [2.75, 3.05) is 19.6 Å². The van der Waals surface area contributed by atoms with Gasteiger partial charge in [-0.05, 0) is 26.2 Å². The van der Waals surface area contributed by atoms with Gasteiger partial charge in [0.15, 0.2) is 0 Å². The molecule has 0 aromatic carbocycles. The molecule has 0 amide bonds. The van der Waals surface area contributed by atoms with Crippen molar-refractivity contribution in [3.63, 3.8) is 0 Å². The zero-order valence-electron chi connectivity index (χ0n) is 10.3. The molecule has 1 heterocycles. The lowest BCUT2D eigenvalue weighted by atomic mass is 10.0. The Hall–Kier alpha value is -0.570. The molecule has 1 aliphatic rings. The molecule has 0 bridgehead atoms. The van der Waals surface area contributed by atoms with E-state index in [1.165, 1.54) is 45.3 Å². The Morgan fingerprint density at radius 3 is 2.60 bits per heavy atom. The van der Waals surface area contributed by atoms with Gasteiger partial charge in [-0.3, -0.25) is 0 Å². The van der Waals surface area contributed by atoms with Crippen molar-refractivity contribution in [3.8, 4) is 0 Å². The molecule has 1 rings (SSSR count). The van der Waals surface area contributed by atoms with Crippen LogP contribution < -0.4 is 10.0 Å². The molecule has 3 nitrogen and oxygen atoms in total. The number of carboxylic acid groups (broad SMARTS) is 1. The SMILES string of the molecule is CC(=O)[O-].CCCC[NH+]1CCCC(C)C1. The van der Waals surface area contributed by atoms with Crippen molar-refractivity contribution < 1.29 is 14.8 Å². The highest BCUT2D eigenvalue weighted by atomic mass is 16.4. The van der Waals surface area contributed by atoms with Gasteiger partial charge in [-0.1, -0.05) is 20.3 Å². The molecule has 0 aromatic heterocycles. The number of unbranched alkanes of at least 4 members (excludes halogenated alkanes) is 1. The van der Waals surface area contributed by atoms with Crippen LogP contribution in [-0.4, -0.2) is 25.6 Å². The van der Waals surface area contributed by atoms with Gasteiger partial charge in [0.25, 0.3) is 0 Å². The maximum Gasteiger partial charge on any atom is 0.0796 e. The van der Waals surface area contributed by atoms with Crippen LogP contribution in [0.25, 0.3) is 0 Å². The molecule has 90 valence electrons. The van der Waals surface area contributed by atoms with Gasteiger partial charge < -0.3 is 14.8 Å². The zero-order chi connectivity index (χ0) is 11.7. The lowest BCUT2D eigenvalue weighted by Gasteiger charge is -2.27. The van der Waals surface area contributed by atoms with Crippen LogP contribution >= 0.6 is 0 Å². The monoisotopic (exact) mass is 215 g/mol. The van der Waals surface area contributed by atoms with Gasteiger partial charge in [-0.2, -0.15) is 0 Å². The summed E-state index contributed by atoms with van der Waals surface area (Å²) in [5.41, 5.74) is 0. The Bertz CT molecular complexity index is 167. The topological polar surface area (TPSA) is 44.6 Å². The predicted molar refractivity (Wildman–Crippen MR) is 59.6 cm³/mol. The number of carbonyl (C=O) groups excluding carboxylic acids is 1. The van der Waals surface area contributed by atoms with E-state index >= 15 is 0 Å². The summed E-state index contributed by atoms with van der Waals surface area (Å²) in [6, 6.07) is 0. The average molecular weight is 215 g/mol. The van der Waals surface area contributed by atoms with Crippen LogP contribution in [0.15, 0.2) is 0 Å². The molecule has 2 atom stereocenters. The van der Waals surface area contributed by atoms with Crippen molar-refractivity contribution in [2.45, 2.75) is 46.5 Å². The Kier molecular flexibility index (Phi) is 8.38. The lowest BCUT2D eigenvalue weighted by Crippen LogP contribution is -3.13. The molecule has 0 aliphatic carbocycles. The Labute approximate surface area is 93.5 Å². The molecule has 3 heteroatoms. The van der Waals surface area contributed by atoms with Crippen LogP contribution in [0.4, 0.5) is 0 Å². The summed E-state index contributed by atoms with van der Waals surface area (Å²) in [6.45, 7) is 9.93. The Morgan fingerprint density at radius 1 is 1.53 bits per heavy atom. The quantitative estimate of drug-likeness (QED) is 0.712. The van der Waals surface area contributed by atoms with Crippen LogP contribution in [0.3, 0.4) is 0 Å². The van der Waals surface area contributed by atoms with Crippen molar-refractivity contribution >= 4 is 5.97 Å². The van der Waals surface area contributed by atoms with Gasteiger partial charge >= 0.3 is 0 Å². The number of quaternary nitrogens is 1. The van der Waals surface area contributed by atoms with E-state index in [2.05, 4.69) is 13.8 Å². The molecule has 2 unspecified atom stereocenters. The predicted octanol–water partition coefficient (Wildman–Crippen LogP) is -0.142. The largest absolute Gasteiger partial charge is 0.550 e. The fourth-order valence-electron chi connectivity index (χ4n) is 2.05. The maximum atomic E-state index is 8.89. The summed E-state index contributed by atoms with van der Waals surface area (Å²) >= 11 is 0. The second-order valence-corrected chi connectivity index (χ2v) is 4.55. The number of piperidine rings is 1. The van der Waals surface area contributed by atoms with Crippen LogP contribution in [-0.2, 0) is 4.79 Å². The van der Waals surface area contributed by atoms with E-state index in [0.717, 1.165) is 12.8 Å². The summed E-state index contributed by atoms with van der Waals surface area (Å²) in [7, 11) is 0. The number of carbonyl (C=O) groups is 1. The summed E-state index contributed by atoms with van der Waals surface area (Å²) in [5, 5.41) is 8.89. The molecule has 15 heavy (non-hydrogen) atoms. The number of carboxylic acids is 1. The third-order valence-corrected chi connectivity index (χ3v) is 2.75. The van der Waals surface area contributed by atoms with Crippen molar-refractivity contribution in [1.29, 1.82) is 0 Å². The Morgan fingerprint density at radius 2 is 2.13 bits per heavy atom. The molecule has 0 radical (unpaired) electrons. The molecular weight excluding hydrogens is 190 g/mol. The van der Waals surface area contributed by atoms with Crippen LogP contribution in [0, 0.1) is 5.92 Å². The highest BCUT2D eigenvalue weighted by molar-refractivity contribution is 5.60. The maximum absolute atomic E-state index is 8.89. The van der Waals surface area contributed by atoms with E-state index < -0.39 is 5.97 Å². The minimum Gasteiger partial charge on any atom is -0.550 e. The van der Waals surface area contributed by atoms with Gasteiger partial charge in [-0.25, -0.2) is 0 Å². The number of nitrogens with one attached hydrogen (secondary N) is 1. The first-order valence-corrected chi connectivity index (χ1v) is 6.07. The van der Waals surface area contributed by atoms with Gasteiger partial charge in [-0.15, -0.1) is 0 Å². The highest BCUT2D eigenvalue weighted by Crippen LogP contribution is 2.04. The summed E-state index contributed by atoms with van der Waals surface area (Å²) in [5.74, 6) is -0.101. The van der Waals surface area contributed by atoms with E-state index in [9.17, 15) is 0 Å².